The van der Waals surface area contributed by atoms with Crippen LogP contribution in [0.3, 0.4) is 0 Å². The molecule has 0 saturated carbocycles. The van der Waals surface area contributed by atoms with Crippen molar-refractivity contribution in [1.82, 2.24) is 19.5 Å². The van der Waals surface area contributed by atoms with E-state index < -0.39 is 18.0 Å². The van der Waals surface area contributed by atoms with Gasteiger partial charge in [0.1, 0.15) is 24.1 Å². The molecule has 1 aromatic carbocycles. The summed E-state index contributed by atoms with van der Waals surface area (Å²) in [6, 6.07) is 4.39. The third-order valence-electron chi connectivity index (χ3n) is 6.29. The van der Waals surface area contributed by atoms with Crippen molar-refractivity contribution in [2.75, 3.05) is 33.3 Å². The van der Waals surface area contributed by atoms with Gasteiger partial charge in [0.25, 0.3) is 0 Å². The number of methoxy groups -OCH3 is 1. The number of fused-ring (bicyclic) bond motifs is 1. The smallest absolute Gasteiger partial charge is 0.325 e. The highest BCUT2D eigenvalue weighted by molar-refractivity contribution is 5.91. The zero-order chi connectivity index (χ0) is 23.7. The lowest BCUT2D eigenvalue weighted by molar-refractivity contribution is -0.144. The standard InChI is InChI=1S/C23H28N4O6/c1-14-18(15(2)33-24-14)11-25-6-8-26(9-7-25)22(23(30)31)19-12-27(13-21(28)29)20-5-4-16(32-3)10-17(19)20/h4-5,10,12,22H,6-9,11,13H2,1-3H3,(H,28,29)(H,30,31)/t22-/m1/s1. The van der Waals surface area contributed by atoms with Crippen molar-refractivity contribution < 1.29 is 29.1 Å². The van der Waals surface area contributed by atoms with Gasteiger partial charge >= 0.3 is 11.9 Å². The minimum absolute atomic E-state index is 0.250. The fraction of sp³-hybridized carbons (Fsp3) is 0.435. The van der Waals surface area contributed by atoms with Gasteiger partial charge in [0, 0.05) is 61.0 Å². The number of hydrogen-bond donors (Lipinski definition) is 2. The number of piperazine rings is 1. The molecule has 2 N–H and O–H groups in total. The number of carbonyl (C=O) groups is 2. The average Bonchev–Trinajstić information content (AvgIpc) is 3.28. The molecule has 0 bridgehead atoms. The van der Waals surface area contributed by atoms with Gasteiger partial charge in [0.15, 0.2) is 0 Å². The number of ether oxygens (including phenoxy) is 1. The van der Waals surface area contributed by atoms with Crippen LogP contribution < -0.4 is 4.74 Å². The Labute approximate surface area is 190 Å². The Hall–Kier alpha value is -3.37. The molecular formula is C23H28N4O6. The number of rotatable bonds is 8. The van der Waals surface area contributed by atoms with Gasteiger partial charge in [-0.25, -0.2) is 0 Å². The van der Waals surface area contributed by atoms with Crippen LogP contribution in [0.4, 0.5) is 0 Å². The maximum absolute atomic E-state index is 12.4. The van der Waals surface area contributed by atoms with Crippen molar-refractivity contribution in [2.45, 2.75) is 33.0 Å². The van der Waals surface area contributed by atoms with E-state index in [1.807, 2.05) is 18.7 Å². The molecule has 33 heavy (non-hydrogen) atoms. The SMILES string of the molecule is COc1ccc2c(c1)c([C@H](C(=O)O)N1CCN(Cc3c(C)noc3C)CC1)cn2CC(=O)O. The van der Waals surface area contributed by atoms with E-state index in [4.69, 9.17) is 9.26 Å². The Kier molecular flexibility index (Phi) is 6.39. The maximum atomic E-state index is 12.4. The number of hydrogen-bond acceptors (Lipinski definition) is 7. The third-order valence-corrected chi connectivity index (χ3v) is 6.29. The van der Waals surface area contributed by atoms with Gasteiger partial charge in [0.05, 0.1) is 12.8 Å². The Bertz CT molecular complexity index is 1160. The second-order valence-electron chi connectivity index (χ2n) is 8.34. The quantitative estimate of drug-likeness (QED) is 0.526. The largest absolute Gasteiger partial charge is 0.497 e. The first-order valence-electron chi connectivity index (χ1n) is 10.8. The van der Waals surface area contributed by atoms with E-state index in [1.165, 1.54) is 0 Å². The summed E-state index contributed by atoms with van der Waals surface area (Å²) in [5, 5.41) is 24.2. The van der Waals surface area contributed by atoms with Gasteiger partial charge in [-0.2, -0.15) is 0 Å². The predicted molar refractivity (Wildman–Crippen MR) is 119 cm³/mol. The third kappa shape index (κ3) is 4.57. The van der Waals surface area contributed by atoms with Crippen LogP contribution >= 0.6 is 0 Å². The molecule has 0 aliphatic carbocycles. The summed E-state index contributed by atoms with van der Waals surface area (Å²) < 4.78 is 12.2. The van der Waals surface area contributed by atoms with Crippen LogP contribution in [0.5, 0.6) is 5.75 Å². The Morgan fingerprint density at radius 3 is 2.48 bits per heavy atom. The molecule has 1 aliphatic rings. The molecule has 1 saturated heterocycles. The highest BCUT2D eigenvalue weighted by atomic mass is 16.5. The van der Waals surface area contributed by atoms with Crippen LogP contribution in [0.2, 0.25) is 0 Å². The van der Waals surface area contributed by atoms with Gasteiger partial charge in [-0.1, -0.05) is 5.16 Å². The lowest BCUT2D eigenvalue weighted by atomic mass is 10.0. The van der Waals surface area contributed by atoms with Crippen molar-refractivity contribution in [3.05, 3.63) is 47.0 Å². The number of aliphatic carboxylic acids is 2. The maximum Gasteiger partial charge on any atom is 0.325 e. The van der Waals surface area contributed by atoms with Crippen LogP contribution in [0.1, 0.15) is 28.6 Å². The predicted octanol–water partition coefficient (Wildman–Crippen LogP) is 2.28. The van der Waals surface area contributed by atoms with Crippen LogP contribution in [0, 0.1) is 13.8 Å². The summed E-state index contributed by atoms with van der Waals surface area (Å²) in [5.41, 5.74) is 3.17. The number of carboxylic acid groups (broad SMARTS) is 2. The highest BCUT2D eigenvalue weighted by Crippen LogP contribution is 2.34. The van der Waals surface area contributed by atoms with E-state index in [-0.39, 0.29) is 6.54 Å². The van der Waals surface area contributed by atoms with Crippen LogP contribution in [-0.2, 0) is 22.7 Å². The highest BCUT2D eigenvalue weighted by Gasteiger charge is 2.33. The average molecular weight is 456 g/mol. The summed E-state index contributed by atoms with van der Waals surface area (Å²) >= 11 is 0. The zero-order valence-corrected chi connectivity index (χ0v) is 18.9. The molecule has 1 fully saturated rings. The van der Waals surface area contributed by atoms with E-state index in [2.05, 4.69) is 10.1 Å². The van der Waals surface area contributed by atoms with Gasteiger partial charge in [0.2, 0.25) is 0 Å². The first-order valence-corrected chi connectivity index (χ1v) is 10.8. The van der Waals surface area contributed by atoms with E-state index in [9.17, 15) is 19.8 Å². The van der Waals surface area contributed by atoms with Gasteiger partial charge in [-0.15, -0.1) is 0 Å². The fourth-order valence-electron chi connectivity index (χ4n) is 4.54. The summed E-state index contributed by atoms with van der Waals surface area (Å²) in [4.78, 5) is 28.0. The minimum Gasteiger partial charge on any atom is -0.497 e. The second-order valence-corrected chi connectivity index (χ2v) is 8.34. The summed E-state index contributed by atoms with van der Waals surface area (Å²) in [7, 11) is 1.54. The lowest BCUT2D eigenvalue weighted by Crippen LogP contribution is -2.48. The molecule has 4 rings (SSSR count). The molecule has 0 radical (unpaired) electrons. The molecule has 0 amide bonds. The molecular weight excluding hydrogens is 428 g/mol. The molecule has 2 aromatic heterocycles. The van der Waals surface area contributed by atoms with Crippen molar-refractivity contribution in [2.24, 2.45) is 0 Å². The number of aromatic nitrogens is 2. The first-order chi connectivity index (χ1) is 15.8. The summed E-state index contributed by atoms with van der Waals surface area (Å²) in [6.07, 6.45) is 1.65. The van der Waals surface area contributed by atoms with Gasteiger partial charge in [-0.3, -0.25) is 19.4 Å². The molecule has 3 heterocycles. The topological polar surface area (TPSA) is 121 Å². The summed E-state index contributed by atoms with van der Waals surface area (Å²) in [6.45, 7) is 6.81. The van der Waals surface area contributed by atoms with E-state index in [1.54, 1.807) is 36.1 Å². The van der Waals surface area contributed by atoms with Gasteiger partial charge < -0.3 is 24.0 Å². The van der Waals surface area contributed by atoms with E-state index in [0.29, 0.717) is 54.9 Å². The van der Waals surface area contributed by atoms with Crippen LogP contribution in [-0.4, -0.2) is 75.0 Å². The molecule has 0 spiro atoms. The van der Waals surface area contributed by atoms with E-state index in [0.717, 1.165) is 17.0 Å². The molecule has 10 heteroatoms. The van der Waals surface area contributed by atoms with E-state index >= 15 is 0 Å². The molecule has 176 valence electrons. The first kappa shape index (κ1) is 22.8. The second kappa shape index (κ2) is 9.24. The number of benzene rings is 1. The number of aryl methyl sites for hydroxylation is 2. The molecule has 1 atom stereocenters. The molecule has 1 aliphatic heterocycles. The number of carboxylic acids is 2. The monoisotopic (exact) mass is 456 g/mol. The normalized spacial score (nSPS) is 16.2. The zero-order valence-electron chi connectivity index (χ0n) is 18.9. The molecule has 3 aromatic rings. The Morgan fingerprint density at radius 1 is 1.18 bits per heavy atom. The molecule has 0 unspecified atom stereocenters. The van der Waals surface area contributed by atoms with Crippen molar-refractivity contribution in [1.29, 1.82) is 0 Å². The van der Waals surface area contributed by atoms with Crippen molar-refractivity contribution >= 4 is 22.8 Å². The molecule has 10 nitrogen and oxygen atoms in total. The van der Waals surface area contributed by atoms with Crippen molar-refractivity contribution in [3.8, 4) is 5.75 Å². The Morgan fingerprint density at radius 2 is 1.91 bits per heavy atom. The Balaban J connectivity index is 1.60. The van der Waals surface area contributed by atoms with Crippen LogP contribution in [0.25, 0.3) is 10.9 Å². The minimum atomic E-state index is -0.992. The number of nitrogens with zero attached hydrogens (tertiary/aromatic N) is 4. The van der Waals surface area contributed by atoms with Gasteiger partial charge in [-0.05, 0) is 32.0 Å². The lowest BCUT2D eigenvalue weighted by Gasteiger charge is -2.37. The van der Waals surface area contributed by atoms with Crippen LogP contribution in [0.15, 0.2) is 28.9 Å². The van der Waals surface area contributed by atoms with Crippen molar-refractivity contribution in [3.63, 3.8) is 0 Å². The summed E-state index contributed by atoms with van der Waals surface area (Å²) in [5.74, 6) is -0.566. The fourth-order valence-corrected chi connectivity index (χ4v) is 4.54.